The maximum Gasteiger partial charge on any atom is 0.117 e. The van der Waals surface area contributed by atoms with Gasteiger partial charge in [0.2, 0.25) is 0 Å². The van der Waals surface area contributed by atoms with E-state index in [9.17, 15) is 0 Å². The Bertz CT molecular complexity index is 454. The van der Waals surface area contributed by atoms with Crippen molar-refractivity contribution in [3.63, 3.8) is 0 Å². The fourth-order valence-electron chi connectivity index (χ4n) is 1.46. The van der Waals surface area contributed by atoms with Crippen LogP contribution in [0.15, 0.2) is 45.5 Å². The molecule has 84 valence electrons. The van der Waals surface area contributed by atoms with E-state index >= 15 is 0 Å². The van der Waals surface area contributed by atoms with Gasteiger partial charge in [-0.3, -0.25) is 0 Å². The molecule has 1 heterocycles. The van der Waals surface area contributed by atoms with Crippen LogP contribution in [-0.2, 0) is 13.1 Å². The molecule has 3 nitrogen and oxygen atoms in total. The molecular formula is C12H13BrN2O. The van der Waals surface area contributed by atoms with Gasteiger partial charge in [0, 0.05) is 16.7 Å². The van der Waals surface area contributed by atoms with E-state index in [0.717, 1.165) is 28.0 Å². The molecule has 0 saturated carbocycles. The number of nitrogens with one attached hydrogen (secondary N) is 1. The van der Waals surface area contributed by atoms with Crippen molar-refractivity contribution in [2.24, 2.45) is 0 Å². The molecular weight excluding hydrogens is 268 g/mol. The molecule has 0 saturated heterocycles. The van der Waals surface area contributed by atoms with E-state index in [1.807, 2.05) is 30.3 Å². The summed E-state index contributed by atoms with van der Waals surface area (Å²) < 4.78 is 6.22. The lowest BCUT2D eigenvalue weighted by atomic mass is 10.2. The molecule has 0 unspecified atom stereocenters. The van der Waals surface area contributed by atoms with Crippen LogP contribution in [0.3, 0.4) is 0 Å². The lowest BCUT2D eigenvalue weighted by Gasteiger charge is -2.06. The maximum atomic E-state index is 5.89. The van der Waals surface area contributed by atoms with Crippen LogP contribution in [-0.4, -0.2) is 0 Å². The summed E-state index contributed by atoms with van der Waals surface area (Å²) in [6.07, 6.45) is 1.67. The molecule has 0 radical (unpaired) electrons. The predicted molar refractivity (Wildman–Crippen MR) is 67.8 cm³/mol. The first-order chi connectivity index (χ1) is 7.75. The fraction of sp³-hybridized carbons (Fsp3) is 0.167. The van der Waals surface area contributed by atoms with Gasteiger partial charge in [0.25, 0.3) is 0 Å². The predicted octanol–water partition coefficient (Wildman–Crippen LogP) is 2.91. The lowest BCUT2D eigenvalue weighted by Crippen LogP contribution is -2.13. The summed E-state index contributed by atoms with van der Waals surface area (Å²) in [4.78, 5) is 0. The highest BCUT2D eigenvalue weighted by Gasteiger charge is 2.00. The van der Waals surface area contributed by atoms with Crippen LogP contribution in [0.2, 0.25) is 0 Å². The Kier molecular flexibility index (Phi) is 3.64. The van der Waals surface area contributed by atoms with Crippen molar-refractivity contribution in [3.05, 3.63) is 52.4 Å². The summed E-state index contributed by atoms with van der Waals surface area (Å²) in [5.74, 6) is 0.927. The summed E-state index contributed by atoms with van der Waals surface area (Å²) in [6, 6.07) is 9.72. The second-order valence-electron chi connectivity index (χ2n) is 3.53. The molecule has 0 aliphatic heterocycles. The van der Waals surface area contributed by atoms with Crippen molar-refractivity contribution in [3.8, 4) is 0 Å². The van der Waals surface area contributed by atoms with E-state index in [2.05, 4.69) is 21.2 Å². The fourth-order valence-corrected chi connectivity index (χ4v) is 1.84. The number of nitrogen functional groups attached to an aromatic ring is 1. The molecule has 3 N–H and O–H groups in total. The Morgan fingerprint density at radius 1 is 1.25 bits per heavy atom. The number of nitrogens with two attached hydrogens (primary N) is 1. The zero-order chi connectivity index (χ0) is 11.4. The van der Waals surface area contributed by atoms with Gasteiger partial charge in [0.1, 0.15) is 5.76 Å². The second kappa shape index (κ2) is 5.18. The minimum absolute atomic E-state index is 0.711. The minimum atomic E-state index is 0.711. The molecule has 1 aromatic heterocycles. The van der Waals surface area contributed by atoms with Gasteiger partial charge in [-0.2, -0.15) is 0 Å². The normalized spacial score (nSPS) is 10.6. The lowest BCUT2D eigenvalue weighted by molar-refractivity contribution is 0.483. The largest absolute Gasteiger partial charge is 0.468 e. The van der Waals surface area contributed by atoms with Crippen molar-refractivity contribution in [2.45, 2.75) is 13.1 Å². The van der Waals surface area contributed by atoms with E-state index in [1.54, 1.807) is 6.26 Å². The molecule has 0 bridgehead atoms. The van der Waals surface area contributed by atoms with Crippen molar-refractivity contribution in [1.82, 2.24) is 5.32 Å². The van der Waals surface area contributed by atoms with Crippen LogP contribution < -0.4 is 11.1 Å². The summed E-state index contributed by atoms with van der Waals surface area (Å²) >= 11 is 3.38. The summed E-state index contributed by atoms with van der Waals surface area (Å²) in [5.41, 5.74) is 7.77. The highest BCUT2D eigenvalue weighted by atomic mass is 79.9. The molecule has 0 aliphatic carbocycles. The van der Waals surface area contributed by atoms with Gasteiger partial charge in [-0.25, -0.2) is 0 Å². The summed E-state index contributed by atoms with van der Waals surface area (Å²) in [6.45, 7) is 1.45. The van der Waals surface area contributed by atoms with Crippen LogP contribution in [0, 0.1) is 0 Å². The zero-order valence-corrected chi connectivity index (χ0v) is 10.3. The van der Waals surface area contributed by atoms with E-state index in [1.165, 1.54) is 0 Å². The first-order valence-electron chi connectivity index (χ1n) is 5.03. The third-order valence-corrected chi connectivity index (χ3v) is 2.80. The Hall–Kier alpha value is -1.26. The van der Waals surface area contributed by atoms with E-state index in [-0.39, 0.29) is 0 Å². The van der Waals surface area contributed by atoms with Crippen LogP contribution in [0.4, 0.5) is 5.69 Å². The molecule has 2 rings (SSSR count). The van der Waals surface area contributed by atoms with Crippen molar-refractivity contribution in [2.75, 3.05) is 5.73 Å². The van der Waals surface area contributed by atoms with Crippen LogP contribution in [0.5, 0.6) is 0 Å². The highest BCUT2D eigenvalue weighted by molar-refractivity contribution is 9.10. The average Bonchev–Trinajstić information content (AvgIpc) is 2.74. The second-order valence-corrected chi connectivity index (χ2v) is 4.44. The van der Waals surface area contributed by atoms with Crippen molar-refractivity contribution in [1.29, 1.82) is 0 Å². The van der Waals surface area contributed by atoms with Crippen LogP contribution >= 0.6 is 15.9 Å². The van der Waals surface area contributed by atoms with Gasteiger partial charge in [0.05, 0.1) is 12.8 Å². The molecule has 0 aliphatic rings. The molecule has 16 heavy (non-hydrogen) atoms. The molecule has 1 aromatic carbocycles. The van der Waals surface area contributed by atoms with Gasteiger partial charge in [-0.1, -0.05) is 22.0 Å². The van der Waals surface area contributed by atoms with E-state index in [0.29, 0.717) is 6.54 Å². The number of hydrogen-bond acceptors (Lipinski definition) is 3. The third-order valence-electron chi connectivity index (χ3n) is 2.30. The molecule has 0 fully saturated rings. The van der Waals surface area contributed by atoms with Crippen molar-refractivity contribution >= 4 is 21.6 Å². The number of anilines is 1. The minimum Gasteiger partial charge on any atom is -0.468 e. The van der Waals surface area contributed by atoms with Gasteiger partial charge in [0.15, 0.2) is 0 Å². The van der Waals surface area contributed by atoms with E-state index in [4.69, 9.17) is 10.2 Å². The Morgan fingerprint density at radius 3 is 2.81 bits per heavy atom. The average molecular weight is 281 g/mol. The summed E-state index contributed by atoms with van der Waals surface area (Å²) in [5, 5.41) is 3.28. The number of furan rings is 1. The van der Waals surface area contributed by atoms with Crippen LogP contribution in [0.1, 0.15) is 11.3 Å². The smallest absolute Gasteiger partial charge is 0.117 e. The summed E-state index contributed by atoms with van der Waals surface area (Å²) in [7, 11) is 0. The number of halogens is 1. The van der Waals surface area contributed by atoms with Gasteiger partial charge in [-0.05, 0) is 29.8 Å². The zero-order valence-electron chi connectivity index (χ0n) is 8.74. The standard InChI is InChI=1S/C12H13BrN2O/c13-10-4-3-9(12(14)6-10)7-15-8-11-2-1-5-16-11/h1-6,15H,7-8,14H2. The first-order valence-corrected chi connectivity index (χ1v) is 5.82. The highest BCUT2D eigenvalue weighted by Crippen LogP contribution is 2.18. The molecule has 2 aromatic rings. The van der Waals surface area contributed by atoms with Gasteiger partial charge >= 0.3 is 0 Å². The number of rotatable bonds is 4. The third kappa shape index (κ3) is 2.87. The molecule has 0 spiro atoms. The van der Waals surface area contributed by atoms with Gasteiger partial charge in [-0.15, -0.1) is 0 Å². The number of hydrogen-bond donors (Lipinski definition) is 2. The Morgan fingerprint density at radius 2 is 2.12 bits per heavy atom. The topological polar surface area (TPSA) is 51.2 Å². The quantitative estimate of drug-likeness (QED) is 0.847. The maximum absolute atomic E-state index is 5.89. The van der Waals surface area contributed by atoms with Crippen LogP contribution in [0.25, 0.3) is 0 Å². The molecule has 0 atom stereocenters. The first kappa shape index (κ1) is 11.2. The van der Waals surface area contributed by atoms with E-state index < -0.39 is 0 Å². The monoisotopic (exact) mass is 280 g/mol. The van der Waals surface area contributed by atoms with Gasteiger partial charge < -0.3 is 15.5 Å². The Balaban J connectivity index is 1.90. The Labute approximate surface area is 103 Å². The molecule has 0 amide bonds. The number of benzene rings is 1. The van der Waals surface area contributed by atoms with Crippen molar-refractivity contribution < 1.29 is 4.42 Å². The molecule has 4 heteroatoms. The SMILES string of the molecule is Nc1cc(Br)ccc1CNCc1ccco1.